The Morgan fingerprint density at radius 2 is 1.57 bits per heavy atom. The number of hydrogen-bond donors (Lipinski definition) is 4. The SMILES string of the molecule is O=P(O)(O)CN1CCNCCNCC1. The normalized spacial score (nSPS) is 22.4. The van der Waals surface area contributed by atoms with Gasteiger partial charge in [-0.3, -0.25) is 9.46 Å². The van der Waals surface area contributed by atoms with Crippen LogP contribution in [0.4, 0.5) is 0 Å². The van der Waals surface area contributed by atoms with Crippen LogP contribution < -0.4 is 10.6 Å². The van der Waals surface area contributed by atoms with Gasteiger partial charge in [-0.2, -0.15) is 0 Å². The Morgan fingerprint density at radius 3 is 2.00 bits per heavy atom. The molecule has 0 bridgehead atoms. The van der Waals surface area contributed by atoms with Crippen LogP contribution in [0, 0.1) is 0 Å². The molecule has 0 aromatic heterocycles. The molecule has 1 saturated heterocycles. The van der Waals surface area contributed by atoms with Gasteiger partial charge in [-0.1, -0.05) is 0 Å². The van der Waals surface area contributed by atoms with Crippen molar-refractivity contribution in [1.29, 1.82) is 0 Å². The summed E-state index contributed by atoms with van der Waals surface area (Å²) in [6, 6.07) is 0. The maximum Gasteiger partial charge on any atom is 0.339 e. The molecule has 1 rings (SSSR count). The zero-order valence-corrected chi connectivity index (χ0v) is 9.04. The highest BCUT2D eigenvalue weighted by molar-refractivity contribution is 7.51. The Morgan fingerprint density at radius 1 is 1.07 bits per heavy atom. The maximum atomic E-state index is 10.8. The largest absolute Gasteiger partial charge is 0.339 e. The first kappa shape index (κ1) is 12.1. The van der Waals surface area contributed by atoms with Crippen molar-refractivity contribution in [3.05, 3.63) is 0 Å². The molecule has 6 nitrogen and oxygen atoms in total. The van der Waals surface area contributed by atoms with E-state index in [0.29, 0.717) is 13.1 Å². The summed E-state index contributed by atoms with van der Waals surface area (Å²) in [6.45, 7) is 4.75. The van der Waals surface area contributed by atoms with Crippen molar-refractivity contribution < 1.29 is 14.4 Å². The minimum Gasteiger partial charge on any atom is -0.324 e. The summed E-state index contributed by atoms with van der Waals surface area (Å²) in [5.74, 6) is 0. The fourth-order valence-corrected chi connectivity index (χ4v) is 2.22. The zero-order chi connectivity index (χ0) is 10.4. The van der Waals surface area contributed by atoms with E-state index in [0.717, 1.165) is 26.2 Å². The number of nitrogens with zero attached hydrogens (tertiary/aromatic N) is 1. The molecule has 7 heteroatoms. The minimum absolute atomic E-state index is 0.143. The summed E-state index contributed by atoms with van der Waals surface area (Å²) in [4.78, 5) is 19.4. The van der Waals surface area contributed by atoms with Crippen LogP contribution in [0.2, 0.25) is 0 Å². The molecule has 1 fully saturated rings. The van der Waals surface area contributed by atoms with Gasteiger partial charge in [0.05, 0.1) is 0 Å². The van der Waals surface area contributed by atoms with E-state index in [1.807, 2.05) is 0 Å². The molecular weight excluding hydrogens is 205 g/mol. The Kier molecular flexibility index (Phi) is 5.01. The molecule has 0 radical (unpaired) electrons. The van der Waals surface area contributed by atoms with Crippen LogP contribution in [-0.4, -0.2) is 60.2 Å². The maximum absolute atomic E-state index is 10.8. The third kappa shape index (κ3) is 5.70. The topological polar surface area (TPSA) is 84.8 Å². The van der Waals surface area contributed by atoms with Crippen LogP contribution in [-0.2, 0) is 4.57 Å². The molecule has 0 aromatic carbocycles. The Bertz CT molecular complexity index is 198. The van der Waals surface area contributed by atoms with Gasteiger partial charge >= 0.3 is 7.60 Å². The molecule has 0 spiro atoms. The Balaban J connectivity index is 2.36. The lowest BCUT2D eigenvalue weighted by molar-refractivity contribution is 0.280. The molecule has 1 aliphatic heterocycles. The van der Waals surface area contributed by atoms with Gasteiger partial charge in [0.1, 0.15) is 6.29 Å². The van der Waals surface area contributed by atoms with Crippen molar-refractivity contribution in [3.8, 4) is 0 Å². The first-order valence-corrected chi connectivity index (χ1v) is 6.56. The summed E-state index contributed by atoms with van der Waals surface area (Å²) in [5.41, 5.74) is 0. The van der Waals surface area contributed by atoms with E-state index < -0.39 is 7.60 Å². The van der Waals surface area contributed by atoms with Crippen molar-refractivity contribution in [2.45, 2.75) is 0 Å². The highest BCUT2D eigenvalue weighted by atomic mass is 31.2. The lowest BCUT2D eigenvalue weighted by Gasteiger charge is -2.21. The summed E-state index contributed by atoms with van der Waals surface area (Å²) in [7, 11) is -3.91. The third-order valence-corrected chi connectivity index (χ3v) is 2.84. The second kappa shape index (κ2) is 5.80. The molecule has 0 atom stereocenters. The fraction of sp³-hybridized carbons (Fsp3) is 1.00. The fourth-order valence-electron chi connectivity index (χ4n) is 1.41. The number of rotatable bonds is 2. The summed E-state index contributed by atoms with van der Waals surface area (Å²) >= 11 is 0. The average Bonchev–Trinajstić information content (AvgIpc) is 2.15. The Hall–Kier alpha value is 0.0300. The van der Waals surface area contributed by atoms with E-state index in [2.05, 4.69) is 10.6 Å². The second-order valence-electron chi connectivity index (χ2n) is 3.42. The summed E-state index contributed by atoms with van der Waals surface area (Å²) < 4.78 is 10.8. The van der Waals surface area contributed by atoms with Crippen LogP contribution in [0.25, 0.3) is 0 Å². The molecule has 0 aliphatic carbocycles. The molecule has 0 unspecified atom stereocenters. The molecule has 0 saturated carbocycles. The van der Waals surface area contributed by atoms with Gasteiger partial charge in [0.15, 0.2) is 0 Å². The quantitative estimate of drug-likeness (QED) is 0.432. The van der Waals surface area contributed by atoms with E-state index in [1.165, 1.54) is 0 Å². The van der Waals surface area contributed by atoms with Crippen LogP contribution >= 0.6 is 7.60 Å². The monoisotopic (exact) mass is 223 g/mol. The predicted molar refractivity (Wildman–Crippen MR) is 54.2 cm³/mol. The Labute approximate surface area is 83.8 Å². The molecule has 1 heterocycles. The average molecular weight is 223 g/mol. The standard InChI is InChI=1S/C7H18N3O3P/c11-14(12,13)7-10-5-3-8-1-2-9-4-6-10/h8-9H,1-7H2,(H2,11,12,13). The molecule has 0 aromatic rings. The molecule has 4 N–H and O–H groups in total. The van der Waals surface area contributed by atoms with Gasteiger partial charge in [0.25, 0.3) is 0 Å². The van der Waals surface area contributed by atoms with E-state index in [1.54, 1.807) is 4.90 Å². The predicted octanol–water partition coefficient (Wildman–Crippen LogP) is -1.38. The first-order valence-electron chi connectivity index (χ1n) is 4.76. The smallest absolute Gasteiger partial charge is 0.324 e. The van der Waals surface area contributed by atoms with E-state index in [9.17, 15) is 4.57 Å². The van der Waals surface area contributed by atoms with Gasteiger partial charge in [-0.25, -0.2) is 0 Å². The van der Waals surface area contributed by atoms with Gasteiger partial charge < -0.3 is 20.4 Å². The van der Waals surface area contributed by atoms with Gasteiger partial charge in [-0.05, 0) is 0 Å². The van der Waals surface area contributed by atoms with Crippen molar-refractivity contribution >= 4 is 7.60 Å². The van der Waals surface area contributed by atoms with Gasteiger partial charge in [0, 0.05) is 39.3 Å². The van der Waals surface area contributed by atoms with Gasteiger partial charge in [-0.15, -0.1) is 0 Å². The van der Waals surface area contributed by atoms with Crippen molar-refractivity contribution in [3.63, 3.8) is 0 Å². The van der Waals surface area contributed by atoms with Crippen molar-refractivity contribution in [2.75, 3.05) is 45.6 Å². The number of nitrogens with one attached hydrogen (secondary N) is 2. The highest BCUT2D eigenvalue weighted by Gasteiger charge is 2.18. The highest BCUT2D eigenvalue weighted by Crippen LogP contribution is 2.34. The summed E-state index contributed by atoms with van der Waals surface area (Å²) in [6.07, 6.45) is -0.143. The molecule has 1 aliphatic rings. The summed E-state index contributed by atoms with van der Waals surface area (Å²) in [5, 5.41) is 6.37. The van der Waals surface area contributed by atoms with Crippen LogP contribution in [0.15, 0.2) is 0 Å². The van der Waals surface area contributed by atoms with E-state index in [-0.39, 0.29) is 6.29 Å². The van der Waals surface area contributed by atoms with Crippen LogP contribution in [0.3, 0.4) is 0 Å². The van der Waals surface area contributed by atoms with Gasteiger partial charge in [0.2, 0.25) is 0 Å². The third-order valence-electron chi connectivity index (χ3n) is 2.07. The second-order valence-corrected chi connectivity index (χ2v) is 5.04. The van der Waals surface area contributed by atoms with E-state index in [4.69, 9.17) is 9.79 Å². The van der Waals surface area contributed by atoms with E-state index >= 15 is 0 Å². The lowest BCUT2D eigenvalue weighted by atomic mass is 10.5. The lowest BCUT2D eigenvalue weighted by Crippen LogP contribution is -2.34. The zero-order valence-electron chi connectivity index (χ0n) is 8.15. The van der Waals surface area contributed by atoms with Crippen molar-refractivity contribution in [2.24, 2.45) is 0 Å². The minimum atomic E-state index is -3.91. The van der Waals surface area contributed by atoms with Crippen LogP contribution in [0.5, 0.6) is 0 Å². The van der Waals surface area contributed by atoms with Crippen LogP contribution in [0.1, 0.15) is 0 Å². The first-order chi connectivity index (χ1) is 6.58. The molecule has 0 amide bonds. The van der Waals surface area contributed by atoms with Crippen molar-refractivity contribution in [1.82, 2.24) is 15.5 Å². The molecule has 14 heavy (non-hydrogen) atoms. The molecule has 84 valence electrons. The molecular formula is C7H18N3O3P. The number of hydrogen-bond acceptors (Lipinski definition) is 4.